The molecule has 8 heteroatoms. The molecule has 7 nitrogen and oxygen atoms in total. The second kappa shape index (κ2) is 9.54. The average Bonchev–Trinajstić information content (AvgIpc) is 3.38. The molecule has 1 atom stereocenters. The minimum atomic E-state index is 0. The van der Waals surface area contributed by atoms with Crippen molar-refractivity contribution < 1.29 is 4.74 Å². The van der Waals surface area contributed by atoms with Gasteiger partial charge in [-0.1, -0.05) is 36.4 Å². The molecule has 1 unspecified atom stereocenters. The molecule has 3 N–H and O–H groups in total. The molecule has 0 amide bonds. The number of hydrogen-bond acceptors (Lipinski definition) is 4. The second-order valence-electron chi connectivity index (χ2n) is 6.39. The Balaban J connectivity index is 0.00000225. The molecule has 146 valence electrons. The first kappa shape index (κ1) is 20.1. The van der Waals surface area contributed by atoms with Crippen LogP contribution in [0.4, 0.5) is 0 Å². The first-order valence-corrected chi connectivity index (χ1v) is 8.95. The van der Waals surface area contributed by atoms with Gasteiger partial charge >= 0.3 is 0 Å². The van der Waals surface area contributed by atoms with Crippen molar-refractivity contribution >= 4 is 29.9 Å². The van der Waals surface area contributed by atoms with E-state index in [0.29, 0.717) is 13.1 Å². The topological polar surface area (TPSA) is 87.2 Å². The number of aromatic amines is 1. The summed E-state index contributed by atoms with van der Waals surface area (Å²) in [5.41, 5.74) is 3.40. The molecule has 0 spiro atoms. The SMILES string of the molecule is CN=C(NCc1cccc(-c2ncn[nH]2)c1)NCC1Cc2ccccc2O1.I. The number of para-hydroxylation sites is 1. The Morgan fingerprint density at radius 2 is 2.11 bits per heavy atom. The summed E-state index contributed by atoms with van der Waals surface area (Å²) >= 11 is 0. The van der Waals surface area contributed by atoms with Crippen LogP contribution in [0, 0.1) is 0 Å². The average molecular weight is 490 g/mol. The Kier molecular flexibility index (Phi) is 6.85. The van der Waals surface area contributed by atoms with E-state index in [1.54, 1.807) is 7.05 Å². The van der Waals surface area contributed by atoms with Gasteiger partial charge in [0.25, 0.3) is 0 Å². The summed E-state index contributed by atoms with van der Waals surface area (Å²) < 4.78 is 5.96. The zero-order valence-electron chi connectivity index (χ0n) is 15.6. The highest BCUT2D eigenvalue weighted by Gasteiger charge is 2.22. The molecular formula is C20H23IN6O. The van der Waals surface area contributed by atoms with E-state index >= 15 is 0 Å². The van der Waals surface area contributed by atoms with E-state index < -0.39 is 0 Å². The monoisotopic (exact) mass is 490 g/mol. The van der Waals surface area contributed by atoms with E-state index in [9.17, 15) is 0 Å². The fourth-order valence-electron chi connectivity index (χ4n) is 3.16. The van der Waals surface area contributed by atoms with Crippen LogP contribution in [-0.4, -0.2) is 40.8 Å². The molecule has 2 heterocycles. The van der Waals surface area contributed by atoms with Gasteiger partial charge in [0.2, 0.25) is 0 Å². The molecule has 4 rings (SSSR count). The zero-order chi connectivity index (χ0) is 18.5. The van der Waals surface area contributed by atoms with Gasteiger partial charge in [-0.15, -0.1) is 24.0 Å². The van der Waals surface area contributed by atoms with Gasteiger partial charge in [-0.2, -0.15) is 5.10 Å². The third kappa shape index (κ3) is 4.80. The predicted molar refractivity (Wildman–Crippen MR) is 120 cm³/mol. The molecule has 0 aliphatic carbocycles. The Hall–Kier alpha value is -2.62. The van der Waals surface area contributed by atoms with Crippen LogP contribution in [0.5, 0.6) is 5.75 Å². The van der Waals surface area contributed by atoms with Gasteiger partial charge in [-0.3, -0.25) is 10.1 Å². The van der Waals surface area contributed by atoms with Gasteiger partial charge in [0.1, 0.15) is 18.2 Å². The van der Waals surface area contributed by atoms with Gasteiger partial charge < -0.3 is 15.4 Å². The van der Waals surface area contributed by atoms with Crippen molar-refractivity contribution in [1.29, 1.82) is 0 Å². The lowest BCUT2D eigenvalue weighted by molar-refractivity contribution is 0.235. The molecule has 28 heavy (non-hydrogen) atoms. The van der Waals surface area contributed by atoms with E-state index in [1.807, 2.05) is 30.3 Å². The summed E-state index contributed by atoms with van der Waals surface area (Å²) in [6.45, 7) is 1.36. The summed E-state index contributed by atoms with van der Waals surface area (Å²) in [5, 5.41) is 13.5. The lowest BCUT2D eigenvalue weighted by Crippen LogP contribution is -2.41. The quantitative estimate of drug-likeness (QED) is 0.291. The van der Waals surface area contributed by atoms with Gasteiger partial charge in [0, 0.05) is 25.6 Å². The normalized spacial score (nSPS) is 15.3. The molecule has 2 aromatic carbocycles. The highest BCUT2D eigenvalue weighted by Crippen LogP contribution is 2.27. The van der Waals surface area contributed by atoms with Crippen molar-refractivity contribution in [2.45, 2.75) is 19.1 Å². The number of nitrogens with one attached hydrogen (secondary N) is 3. The summed E-state index contributed by atoms with van der Waals surface area (Å²) in [6, 6.07) is 16.3. The maximum absolute atomic E-state index is 5.96. The van der Waals surface area contributed by atoms with Crippen molar-refractivity contribution in [2.24, 2.45) is 4.99 Å². The van der Waals surface area contributed by atoms with E-state index in [0.717, 1.165) is 35.1 Å². The number of aromatic nitrogens is 3. The first-order valence-electron chi connectivity index (χ1n) is 8.95. The van der Waals surface area contributed by atoms with Crippen molar-refractivity contribution in [3.8, 4) is 17.1 Å². The van der Waals surface area contributed by atoms with Gasteiger partial charge in [0.05, 0.1) is 6.54 Å². The molecular weight excluding hydrogens is 467 g/mol. The summed E-state index contributed by atoms with van der Waals surface area (Å²) in [7, 11) is 1.77. The minimum Gasteiger partial charge on any atom is -0.488 e. The Bertz CT molecular complexity index is 903. The fourth-order valence-corrected chi connectivity index (χ4v) is 3.16. The molecule has 1 aromatic heterocycles. The molecule has 0 fully saturated rings. The van der Waals surface area contributed by atoms with Crippen LogP contribution in [0.15, 0.2) is 59.9 Å². The van der Waals surface area contributed by atoms with E-state index in [1.165, 1.54) is 11.9 Å². The highest BCUT2D eigenvalue weighted by molar-refractivity contribution is 14.0. The van der Waals surface area contributed by atoms with E-state index in [-0.39, 0.29) is 30.1 Å². The maximum atomic E-state index is 5.96. The van der Waals surface area contributed by atoms with Crippen LogP contribution in [0.25, 0.3) is 11.4 Å². The Morgan fingerprint density at radius 1 is 1.21 bits per heavy atom. The van der Waals surface area contributed by atoms with Gasteiger partial charge in [-0.25, -0.2) is 4.98 Å². The summed E-state index contributed by atoms with van der Waals surface area (Å²) in [5.74, 6) is 2.49. The molecule has 1 aliphatic rings. The van der Waals surface area contributed by atoms with Crippen LogP contribution >= 0.6 is 24.0 Å². The predicted octanol–water partition coefficient (Wildman–Crippen LogP) is 2.76. The fraction of sp³-hybridized carbons (Fsp3) is 0.250. The third-order valence-corrected chi connectivity index (χ3v) is 4.51. The summed E-state index contributed by atoms with van der Waals surface area (Å²) in [4.78, 5) is 8.49. The van der Waals surface area contributed by atoms with Crippen LogP contribution < -0.4 is 15.4 Å². The van der Waals surface area contributed by atoms with Crippen LogP contribution in [0.1, 0.15) is 11.1 Å². The molecule has 0 saturated carbocycles. The van der Waals surface area contributed by atoms with Crippen molar-refractivity contribution in [2.75, 3.05) is 13.6 Å². The van der Waals surface area contributed by atoms with Crippen LogP contribution in [0.2, 0.25) is 0 Å². The molecule has 1 aliphatic heterocycles. The molecule has 0 radical (unpaired) electrons. The smallest absolute Gasteiger partial charge is 0.191 e. The lowest BCUT2D eigenvalue weighted by Gasteiger charge is -2.15. The number of benzene rings is 2. The number of aliphatic imine (C=N–C) groups is 1. The first-order chi connectivity index (χ1) is 13.3. The highest BCUT2D eigenvalue weighted by atomic mass is 127. The second-order valence-corrected chi connectivity index (χ2v) is 6.39. The van der Waals surface area contributed by atoms with Crippen LogP contribution in [0.3, 0.4) is 0 Å². The number of halogens is 1. The van der Waals surface area contributed by atoms with Crippen molar-refractivity contribution in [1.82, 2.24) is 25.8 Å². The standard InChI is InChI=1S/C20H22N6O.HI/c1-21-20(23-12-17-10-15-6-2-3-8-18(15)27-17)22-11-14-5-4-7-16(9-14)19-24-13-25-26-19;/h2-9,13,17H,10-12H2,1H3,(H2,21,22,23)(H,24,25,26);1H. The lowest BCUT2D eigenvalue weighted by atomic mass is 10.1. The van der Waals surface area contributed by atoms with Gasteiger partial charge in [-0.05, 0) is 23.3 Å². The van der Waals surface area contributed by atoms with Crippen LogP contribution in [-0.2, 0) is 13.0 Å². The molecule has 0 saturated heterocycles. The summed E-state index contributed by atoms with van der Waals surface area (Å²) in [6.07, 6.45) is 2.55. The Labute approximate surface area is 181 Å². The van der Waals surface area contributed by atoms with Crippen molar-refractivity contribution in [3.63, 3.8) is 0 Å². The largest absolute Gasteiger partial charge is 0.488 e. The maximum Gasteiger partial charge on any atom is 0.191 e. The number of hydrogen-bond donors (Lipinski definition) is 3. The van der Waals surface area contributed by atoms with E-state index in [4.69, 9.17) is 4.74 Å². The molecule has 3 aromatic rings. The number of rotatable bonds is 5. The number of guanidine groups is 1. The van der Waals surface area contributed by atoms with E-state index in [2.05, 4.69) is 49.0 Å². The zero-order valence-corrected chi connectivity index (χ0v) is 17.9. The minimum absolute atomic E-state index is 0. The Morgan fingerprint density at radius 3 is 2.89 bits per heavy atom. The number of fused-ring (bicyclic) bond motifs is 1. The number of nitrogens with zero attached hydrogens (tertiary/aromatic N) is 3. The number of H-pyrrole nitrogens is 1. The van der Waals surface area contributed by atoms with Crippen molar-refractivity contribution in [3.05, 3.63) is 66.0 Å². The molecule has 0 bridgehead atoms. The number of ether oxygens (including phenoxy) is 1. The van der Waals surface area contributed by atoms with Gasteiger partial charge in [0.15, 0.2) is 11.8 Å². The third-order valence-electron chi connectivity index (χ3n) is 4.51.